The zero-order valence-corrected chi connectivity index (χ0v) is 39.5. The summed E-state index contributed by atoms with van der Waals surface area (Å²) < 4.78 is 66.8. The van der Waals surface area contributed by atoms with E-state index < -0.39 is 23.3 Å². The number of hydrogen-bond donors (Lipinski definition) is 4. The van der Waals surface area contributed by atoms with Gasteiger partial charge in [0.25, 0.3) is 11.8 Å². The van der Waals surface area contributed by atoms with E-state index in [0.29, 0.717) is 47.0 Å². The zero-order valence-electron chi connectivity index (χ0n) is 39.5. The highest BCUT2D eigenvalue weighted by Gasteiger charge is 2.44. The van der Waals surface area contributed by atoms with Gasteiger partial charge in [0, 0.05) is 35.6 Å². The number of pyridine rings is 2. The summed E-state index contributed by atoms with van der Waals surface area (Å²) >= 11 is 0. The molecule has 14 heteroatoms. The van der Waals surface area contributed by atoms with Crippen LogP contribution in [0.15, 0.2) is 121 Å². The maximum absolute atomic E-state index is 13.8. The van der Waals surface area contributed by atoms with Crippen LogP contribution in [0.4, 0.5) is 29.2 Å². The van der Waals surface area contributed by atoms with Crippen molar-refractivity contribution in [1.29, 1.82) is 0 Å². The lowest BCUT2D eigenvalue weighted by Crippen LogP contribution is -2.24. The van der Waals surface area contributed by atoms with Crippen molar-refractivity contribution in [2.75, 3.05) is 11.5 Å². The Morgan fingerprint density at radius 1 is 0.444 bits per heavy atom. The van der Waals surface area contributed by atoms with Crippen LogP contribution in [0, 0.1) is 51.0 Å². The van der Waals surface area contributed by atoms with Gasteiger partial charge in [-0.3, -0.25) is 9.59 Å². The summed E-state index contributed by atoms with van der Waals surface area (Å²) in [6.07, 6.45) is -1.04. The van der Waals surface area contributed by atoms with Gasteiger partial charge in [0.15, 0.2) is 23.3 Å². The van der Waals surface area contributed by atoms with Gasteiger partial charge in [-0.25, -0.2) is 27.5 Å². The Hall–Kier alpha value is -8.20. The van der Waals surface area contributed by atoms with E-state index in [-0.39, 0.29) is 36.2 Å². The van der Waals surface area contributed by atoms with Gasteiger partial charge in [-0.2, -0.15) is 0 Å². The molecule has 0 aliphatic carbocycles. The van der Waals surface area contributed by atoms with Crippen molar-refractivity contribution in [3.8, 4) is 22.3 Å². The number of aryl methyl sites for hydroxylation is 4. The van der Waals surface area contributed by atoms with Crippen LogP contribution in [0.25, 0.3) is 22.3 Å². The van der Waals surface area contributed by atoms with Crippen LogP contribution >= 0.6 is 0 Å². The first-order valence-corrected chi connectivity index (χ1v) is 23.4. The van der Waals surface area contributed by atoms with E-state index in [0.717, 1.165) is 101 Å². The van der Waals surface area contributed by atoms with Crippen LogP contribution in [0.2, 0.25) is 0 Å². The Morgan fingerprint density at radius 2 is 0.778 bits per heavy atom. The Labute approximate surface area is 412 Å². The van der Waals surface area contributed by atoms with E-state index in [9.17, 15) is 27.2 Å². The van der Waals surface area contributed by atoms with Crippen LogP contribution in [0.3, 0.4) is 0 Å². The molecule has 0 fully saturated rings. The molecule has 0 radical (unpaired) electrons. The van der Waals surface area contributed by atoms with Gasteiger partial charge in [0.1, 0.15) is 36.1 Å². The number of rotatable bonds is 8. The standard InChI is InChI=1S/2C29H23F2N3O2/c1-14-9-26(32)34-15(2)23(14)13-33-29(35)18-4-7-20-22(11-18)28-19-6-3-16(10-21(19)27(20)36-28)17-5-8-24(30)25(31)12-17;1-14-9-26(32)34-15(2)23(14)13-33-29(35)18-4-7-20-22(11-18)28-21-10-16(3-6-19(21)27(20)36-28)17-5-8-24(30)25(31)12-17/h2*3-12,27-28H,13H2,1-2H3,(H2,32,34)(H,33,35). The van der Waals surface area contributed by atoms with E-state index in [1.807, 2.05) is 94.4 Å². The molecule has 0 saturated heterocycles. The third-order valence-electron chi connectivity index (χ3n) is 14.2. The molecule has 4 atom stereocenters. The number of carbonyl (C=O) groups is 2. The van der Waals surface area contributed by atoms with Crippen molar-refractivity contribution in [2.45, 2.75) is 65.2 Å². The Balaban J connectivity index is 0.000000156. The lowest BCUT2D eigenvalue weighted by atomic mass is 9.84. The van der Waals surface area contributed by atoms with Crippen LogP contribution in [-0.4, -0.2) is 21.8 Å². The van der Waals surface area contributed by atoms with E-state index in [4.69, 9.17) is 20.9 Å². The van der Waals surface area contributed by atoms with E-state index in [1.54, 1.807) is 30.3 Å². The summed E-state index contributed by atoms with van der Waals surface area (Å²) in [6.45, 7) is 8.36. The number of fused-ring (bicyclic) bond motifs is 16. The number of amides is 2. The normalized spacial score (nSPS) is 17.1. The first-order chi connectivity index (χ1) is 34.6. The molecular weight excluding hydrogens is 921 g/mol. The molecule has 6 heterocycles. The Bertz CT molecular complexity index is 3560. The first-order valence-electron chi connectivity index (χ1n) is 23.4. The smallest absolute Gasteiger partial charge is 0.251 e. The summed E-state index contributed by atoms with van der Waals surface area (Å²) in [5, 5.41) is 5.97. The molecule has 360 valence electrons. The van der Waals surface area contributed by atoms with Gasteiger partial charge in [-0.1, -0.05) is 48.5 Å². The largest absolute Gasteiger partial charge is 0.384 e. The van der Waals surface area contributed by atoms with Gasteiger partial charge in [0.2, 0.25) is 0 Å². The lowest BCUT2D eigenvalue weighted by Gasteiger charge is -2.18. The van der Waals surface area contributed by atoms with Crippen LogP contribution in [0.5, 0.6) is 0 Å². The minimum absolute atomic E-state index is 0.176. The second-order valence-corrected chi connectivity index (χ2v) is 18.6. The molecule has 8 aromatic rings. The monoisotopic (exact) mass is 966 g/mol. The second-order valence-electron chi connectivity index (χ2n) is 18.6. The molecule has 4 bridgehead atoms. The van der Waals surface area contributed by atoms with Crippen LogP contribution < -0.4 is 22.1 Å². The maximum Gasteiger partial charge on any atom is 0.251 e. The van der Waals surface area contributed by atoms with E-state index in [2.05, 4.69) is 20.6 Å². The quantitative estimate of drug-likeness (QED) is 0.110. The molecule has 4 unspecified atom stereocenters. The van der Waals surface area contributed by atoms with Gasteiger partial charge in [0.05, 0.1) is 0 Å². The van der Waals surface area contributed by atoms with E-state index >= 15 is 0 Å². The predicted molar refractivity (Wildman–Crippen MR) is 265 cm³/mol. The number of hydrogen-bond acceptors (Lipinski definition) is 8. The van der Waals surface area contributed by atoms with Crippen molar-refractivity contribution in [2.24, 2.45) is 0 Å². The van der Waals surface area contributed by atoms with Crippen LogP contribution in [-0.2, 0) is 22.6 Å². The highest BCUT2D eigenvalue weighted by molar-refractivity contribution is 5.95. The Morgan fingerprint density at radius 3 is 1.17 bits per heavy atom. The third kappa shape index (κ3) is 8.11. The van der Waals surface area contributed by atoms with Gasteiger partial charge >= 0.3 is 0 Å². The average molecular weight is 967 g/mol. The first kappa shape index (κ1) is 46.2. The molecule has 6 N–H and O–H groups in total. The topological polar surface area (TPSA) is 154 Å². The minimum Gasteiger partial charge on any atom is -0.384 e. The number of benzene rings is 6. The molecule has 0 saturated carbocycles. The van der Waals surface area contributed by atoms with Crippen molar-refractivity contribution in [1.82, 2.24) is 20.6 Å². The fourth-order valence-corrected chi connectivity index (χ4v) is 10.5. The highest BCUT2D eigenvalue weighted by atomic mass is 19.2. The van der Waals surface area contributed by atoms with Crippen molar-refractivity contribution >= 4 is 23.5 Å². The van der Waals surface area contributed by atoms with Crippen molar-refractivity contribution < 1.29 is 36.6 Å². The lowest BCUT2D eigenvalue weighted by molar-refractivity contribution is 0.0856. The Kier molecular flexibility index (Phi) is 11.5. The SMILES string of the molecule is Cc1cc(N)nc(C)c1CNC(=O)c1ccc2c(c1)C1OC2c2cc(-c3ccc(F)c(F)c3)ccc21.Cc1cc(N)nc(C)c1CNC(=O)c1ccc2c(c1)C1OC2c2ccc(-c3ccc(F)c(F)c3)cc21. The molecule has 6 aromatic carbocycles. The number of aromatic nitrogens is 2. The molecule has 4 aliphatic heterocycles. The fourth-order valence-electron chi connectivity index (χ4n) is 10.5. The molecule has 0 spiro atoms. The van der Waals surface area contributed by atoms with Gasteiger partial charge < -0.3 is 31.6 Å². The number of anilines is 2. The summed E-state index contributed by atoms with van der Waals surface area (Å²) in [5.41, 5.74) is 29.0. The maximum atomic E-state index is 13.8. The number of nitrogen functional groups attached to an aromatic ring is 2. The minimum atomic E-state index is -0.882. The molecule has 2 amide bonds. The number of carbonyl (C=O) groups excluding carboxylic acids is 2. The highest BCUT2D eigenvalue weighted by Crippen LogP contribution is 2.56. The molecule has 4 aliphatic rings. The summed E-state index contributed by atoms with van der Waals surface area (Å²) in [4.78, 5) is 34.5. The fraction of sp³-hybridized carbons (Fsp3) is 0.172. The predicted octanol–water partition coefficient (Wildman–Crippen LogP) is 11.4. The number of nitrogens with two attached hydrogens (primary N) is 2. The van der Waals surface area contributed by atoms with Crippen LogP contribution in [0.1, 0.15) is 123 Å². The van der Waals surface area contributed by atoms with Gasteiger partial charge in [-0.05, 0) is 190 Å². The summed E-state index contributed by atoms with van der Waals surface area (Å²) in [6, 6.07) is 34.3. The van der Waals surface area contributed by atoms with E-state index in [1.165, 1.54) is 12.1 Å². The number of nitrogens with zero attached hydrogens (tertiary/aromatic N) is 2. The zero-order chi connectivity index (χ0) is 50.3. The second kappa shape index (κ2) is 17.9. The number of nitrogens with one attached hydrogen (secondary N) is 2. The third-order valence-corrected chi connectivity index (χ3v) is 14.2. The molecule has 72 heavy (non-hydrogen) atoms. The number of ether oxygens (including phenoxy) is 2. The van der Waals surface area contributed by atoms with Gasteiger partial charge in [-0.15, -0.1) is 0 Å². The average Bonchev–Trinajstić information content (AvgIpc) is 4.14. The van der Waals surface area contributed by atoms with Crippen molar-refractivity contribution in [3.05, 3.63) is 234 Å². The molecule has 12 rings (SSSR count). The molecule has 10 nitrogen and oxygen atoms in total. The summed E-state index contributed by atoms with van der Waals surface area (Å²) in [5.74, 6) is -2.94. The molecular formula is C58H46F4N6O4. The number of halogens is 4. The summed E-state index contributed by atoms with van der Waals surface area (Å²) in [7, 11) is 0. The molecule has 2 aromatic heterocycles. The van der Waals surface area contributed by atoms with Crippen molar-refractivity contribution in [3.63, 3.8) is 0 Å².